The molecule has 0 radical (unpaired) electrons. The van der Waals surface area contributed by atoms with E-state index in [2.05, 4.69) is 86.0 Å². The highest BCUT2D eigenvalue weighted by atomic mass is 127. The lowest BCUT2D eigenvalue weighted by Crippen LogP contribution is -2.19. The fourth-order valence-corrected chi connectivity index (χ4v) is 4.74. The molecule has 5 heteroatoms. The molecule has 3 rings (SSSR count). The second-order valence-corrected chi connectivity index (χ2v) is 11.2. The van der Waals surface area contributed by atoms with Gasteiger partial charge in [0.1, 0.15) is 5.75 Å². The third kappa shape index (κ3) is 3.49. The van der Waals surface area contributed by atoms with Crippen molar-refractivity contribution in [3.63, 3.8) is 0 Å². The first-order chi connectivity index (χ1) is 11.7. The predicted octanol–water partition coefficient (Wildman–Crippen LogP) is 4.86. The van der Waals surface area contributed by atoms with E-state index in [1.54, 1.807) is 0 Å². The summed E-state index contributed by atoms with van der Waals surface area (Å²) in [7, 11) is -1.28. The lowest BCUT2D eigenvalue weighted by Gasteiger charge is -2.27. The van der Waals surface area contributed by atoms with Crippen LogP contribution >= 0.6 is 22.6 Å². The van der Waals surface area contributed by atoms with E-state index >= 15 is 0 Å². The average molecular weight is 465 g/mol. The van der Waals surface area contributed by atoms with Crippen molar-refractivity contribution in [2.75, 3.05) is 0 Å². The minimum Gasteiger partial charge on any atom is -0.546 e. The Morgan fingerprint density at radius 1 is 1.12 bits per heavy atom. The predicted molar refractivity (Wildman–Crippen MR) is 114 cm³/mol. The fraction of sp³-hybridized carbons (Fsp3) is 0.350. The maximum Gasteiger partial charge on any atom is 0.252 e. The number of benzene rings is 2. The minimum absolute atomic E-state index is 0.00488. The second kappa shape index (κ2) is 6.76. The first-order valence-corrected chi connectivity index (χ1v) is 12.5. The molecule has 132 valence electrons. The van der Waals surface area contributed by atoms with E-state index in [4.69, 9.17) is 4.43 Å². The van der Waals surface area contributed by atoms with Crippen molar-refractivity contribution in [2.24, 2.45) is 0 Å². The molecule has 0 unspecified atom stereocenters. The third-order valence-corrected chi connectivity index (χ3v) is 5.99. The zero-order chi connectivity index (χ0) is 18.4. The maximum absolute atomic E-state index is 12.2. The summed E-state index contributed by atoms with van der Waals surface area (Å²) in [6, 6.07) is 10.5. The van der Waals surface area contributed by atoms with Crippen LogP contribution in [-0.4, -0.2) is 14.9 Å². The van der Waals surface area contributed by atoms with Gasteiger partial charge in [0.2, 0.25) is 9.04 Å². The summed E-state index contributed by atoms with van der Waals surface area (Å²) in [5.41, 5.74) is 5.30. The van der Waals surface area contributed by atoms with E-state index in [9.17, 15) is 4.79 Å². The number of carbonyl (C=O) groups is 1. The van der Waals surface area contributed by atoms with Gasteiger partial charge in [-0.05, 0) is 63.9 Å². The smallest absolute Gasteiger partial charge is 0.252 e. The van der Waals surface area contributed by atoms with Crippen LogP contribution in [0.2, 0.25) is 13.1 Å². The van der Waals surface area contributed by atoms with Crippen molar-refractivity contribution in [1.29, 1.82) is 0 Å². The van der Waals surface area contributed by atoms with Crippen LogP contribution in [0.3, 0.4) is 0 Å². The Balaban J connectivity index is 2.27. The minimum atomic E-state index is -1.28. The van der Waals surface area contributed by atoms with E-state index < -0.39 is 9.04 Å². The highest BCUT2D eigenvalue weighted by Gasteiger charge is 2.28. The Bertz CT molecular complexity index is 840. The SMILES string of the molecule is C[SiH](C)Oc1c(-c2ccc(I)c3c2CNC3=O)cccc1C(C)(C)C. The summed E-state index contributed by atoms with van der Waals surface area (Å²) in [6.45, 7) is 11.6. The molecule has 1 aliphatic heterocycles. The van der Waals surface area contributed by atoms with E-state index in [0.29, 0.717) is 6.54 Å². The normalized spacial score (nSPS) is 13.8. The zero-order valence-electron chi connectivity index (χ0n) is 15.4. The first kappa shape index (κ1) is 18.4. The Morgan fingerprint density at radius 3 is 2.48 bits per heavy atom. The highest BCUT2D eigenvalue weighted by molar-refractivity contribution is 14.1. The lowest BCUT2D eigenvalue weighted by atomic mass is 9.83. The van der Waals surface area contributed by atoms with Gasteiger partial charge in [0, 0.05) is 15.7 Å². The molecule has 0 aromatic heterocycles. The first-order valence-electron chi connectivity index (χ1n) is 8.60. The third-order valence-electron chi connectivity index (χ3n) is 4.38. The molecular formula is C20H24INO2Si. The van der Waals surface area contributed by atoms with Crippen molar-refractivity contribution in [1.82, 2.24) is 5.32 Å². The van der Waals surface area contributed by atoms with Crippen molar-refractivity contribution < 1.29 is 9.22 Å². The molecule has 1 heterocycles. The molecule has 0 atom stereocenters. The van der Waals surface area contributed by atoms with Gasteiger partial charge in [-0.25, -0.2) is 0 Å². The van der Waals surface area contributed by atoms with Crippen LogP contribution < -0.4 is 9.74 Å². The molecule has 0 fully saturated rings. The topological polar surface area (TPSA) is 38.3 Å². The molecule has 2 aromatic rings. The molecule has 0 aliphatic carbocycles. The van der Waals surface area contributed by atoms with Crippen LogP contribution in [0.25, 0.3) is 11.1 Å². The second-order valence-electron chi connectivity index (χ2n) is 7.73. The molecule has 1 amide bonds. The molecule has 1 aliphatic rings. The number of nitrogens with one attached hydrogen (secondary N) is 1. The Hall–Kier alpha value is -1.34. The van der Waals surface area contributed by atoms with Crippen LogP contribution in [0.5, 0.6) is 5.75 Å². The highest BCUT2D eigenvalue weighted by Crippen LogP contribution is 2.42. The van der Waals surface area contributed by atoms with Gasteiger partial charge in [-0.15, -0.1) is 0 Å². The van der Waals surface area contributed by atoms with Crippen molar-refractivity contribution >= 4 is 37.5 Å². The molecule has 1 N–H and O–H groups in total. The molecule has 0 saturated carbocycles. The van der Waals surface area contributed by atoms with Gasteiger partial charge in [0.05, 0.1) is 5.56 Å². The number of carbonyl (C=O) groups excluding carboxylic acids is 1. The number of halogens is 1. The fourth-order valence-electron chi connectivity index (χ4n) is 3.26. The van der Waals surface area contributed by atoms with Gasteiger partial charge in [0.25, 0.3) is 5.91 Å². The van der Waals surface area contributed by atoms with Crippen LogP contribution in [-0.2, 0) is 12.0 Å². The number of hydrogen-bond acceptors (Lipinski definition) is 2. The molecular weight excluding hydrogens is 441 g/mol. The molecule has 0 saturated heterocycles. The quantitative estimate of drug-likeness (QED) is 0.520. The van der Waals surface area contributed by atoms with Gasteiger partial charge >= 0.3 is 0 Å². The standard InChI is InChI=1S/C20H24INO2Si/c1-20(2,3)15-8-6-7-13(18(15)24-25(4)5)12-9-10-16(21)17-14(12)11-22-19(17)23/h6-10,25H,11H2,1-5H3,(H,22,23). The summed E-state index contributed by atoms with van der Waals surface area (Å²) in [5.74, 6) is 1.01. The summed E-state index contributed by atoms with van der Waals surface area (Å²) in [4.78, 5) is 12.2. The number of para-hydroxylation sites is 1. The summed E-state index contributed by atoms with van der Waals surface area (Å²) < 4.78 is 7.41. The van der Waals surface area contributed by atoms with Crippen molar-refractivity contribution in [3.8, 4) is 16.9 Å². The summed E-state index contributed by atoms with van der Waals surface area (Å²) in [5, 5.41) is 2.97. The van der Waals surface area contributed by atoms with Crippen LogP contribution in [0.1, 0.15) is 42.3 Å². The molecule has 3 nitrogen and oxygen atoms in total. The maximum atomic E-state index is 12.2. The summed E-state index contributed by atoms with van der Waals surface area (Å²) >= 11 is 2.24. The van der Waals surface area contributed by atoms with Gasteiger partial charge in [-0.3, -0.25) is 4.79 Å². The van der Waals surface area contributed by atoms with Gasteiger partial charge in [-0.2, -0.15) is 0 Å². The molecule has 2 aromatic carbocycles. The molecule has 0 spiro atoms. The van der Waals surface area contributed by atoms with E-state index in [0.717, 1.165) is 31.6 Å². The molecule has 0 bridgehead atoms. The van der Waals surface area contributed by atoms with E-state index in [1.807, 2.05) is 6.07 Å². The number of hydrogen-bond donors (Lipinski definition) is 1. The Morgan fingerprint density at radius 2 is 1.84 bits per heavy atom. The molecule has 25 heavy (non-hydrogen) atoms. The Kier molecular flexibility index (Phi) is 4.99. The van der Waals surface area contributed by atoms with E-state index in [1.165, 1.54) is 5.56 Å². The lowest BCUT2D eigenvalue weighted by molar-refractivity contribution is 0.0965. The van der Waals surface area contributed by atoms with Gasteiger partial charge < -0.3 is 9.74 Å². The summed E-state index contributed by atoms with van der Waals surface area (Å²) in [6.07, 6.45) is 0. The largest absolute Gasteiger partial charge is 0.546 e. The van der Waals surface area contributed by atoms with Crippen LogP contribution in [0.15, 0.2) is 30.3 Å². The van der Waals surface area contributed by atoms with Gasteiger partial charge in [-0.1, -0.05) is 45.0 Å². The Labute approximate surface area is 165 Å². The number of fused-ring (bicyclic) bond motifs is 1. The van der Waals surface area contributed by atoms with E-state index in [-0.39, 0.29) is 11.3 Å². The van der Waals surface area contributed by atoms with Crippen LogP contribution in [0, 0.1) is 3.57 Å². The zero-order valence-corrected chi connectivity index (χ0v) is 18.7. The average Bonchev–Trinajstić information content (AvgIpc) is 2.90. The number of rotatable bonds is 3. The monoisotopic (exact) mass is 465 g/mol. The van der Waals surface area contributed by atoms with Gasteiger partial charge in [0.15, 0.2) is 0 Å². The van der Waals surface area contributed by atoms with Crippen LogP contribution in [0.4, 0.5) is 0 Å². The van der Waals surface area contributed by atoms with Crippen molar-refractivity contribution in [3.05, 3.63) is 50.6 Å². The van der Waals surface area contributed by atoms with Crippen molar-refractivity contribution in [2.45, 2.75) is 45.8 Å². The number of amides is 1.